The van der Waals surface area contributed by atoms with Crippen LogP contribution in [0.1, 0.15) is 16.7 Å². The molecule has 0 radical (unpaired) electrons. The minimum absolute atomic E-state index is 0.982. The Labute approximate surface area is 171 Å². The highest BCUT2D eigenvalue weighted by atomic mass is 15.3. The molecule has 1 fully saturated rings. The van der Waals surface area contributed by atoms with Crippen LogP contribution in [0, 0.1) is 0 Å². The number of piperazine rings is 1. The Kier molecular flexibility index (Phi) is 5.01. The summed E-state index contributed by atoms with van der Waals surface area (Å²) in [4.78, 5) is 12.7. The van der Waals surface area contributed by atoms with E-state index in [1.54, 1.807) is 0 Å². The number of hydrogen-bond acceptors (Lipinski definition) is 3. The van der Waals surface area contributed by atoms with Gasteiger partial charge in [0.05, 0.1) is 0 Å². The van der Waals surface area contributed by atoms with Gasteiger partial charge in [-0.2, -0.15) is 0 Å². The number of pyridine rings is 1. The largest absolute Gasteiger partial charge is 0.369 e. The van der Waals surface area contributed by atoms with Crippen LogP contribution >= 0.6 is 0 Å². The van der Waals surface area contributed by atoms with Crippen molar-refractivity contribution in [2.45, 2.75) is 13.0 Å². The van der Waals surface area contributed by atoms with Crippen molar-refractivity contribution in [2.24, 2.45) is 0 Å². The summed E-state index contributed by atoms with van der Waals surface area (Å²) in [6, 6.07) is 23.9. The summed E-state index contributed by atoms with van der Waals surface area (Å²) in [5, 5.41) is 1.24. The number of aromatic amines is 1. The van der Waals surface area contributed by atoms with E-state index in [0.717, 1.165) is 44.8 Å². The topological polar surface area (TPSA) is 35.2 Å². The number of nitrogens with one attached hydrogen (secondary N) is 1. The highest BCUT2D eigenvalue weighted by Crippen LogP contribution is 2.21. The summed E-state index contributed by atoms with van der Waals surface area (Å²) < 4.78 is 0. The van der Waals surface area contributed by atoms with E-state index >= 15 is 0 Å². The van der Waals surface area contributed by atoms with Gasteiger partial charge in [0.2, 0.25) is 0 Å². The standard InChI is InChI=1S/C25H26N4/c1-2-5-20(6-3-1)17-21-8-10-23(11-9-21)29-15-13-28(14-16-29)19-22-18-27-25-24(22)7-4-12-26-25/h1-12,18H,13-17,19H2,(H,26,27). The zero-order valence-corrected chi connectivity index (χ0v) is 16.6. The van der Waals surface area contributed by atoms with Crippen LogP contribution in [-0.4, -0.2) is 41.0 Å². The average Bonchev–Trinajstić information content (AvgIpc) is 3.19. The van der Waals surface area contributed by atoms with Crippen LogP contribution in [0.3, 0.4) is 0 Å². The van der Waals surface area contributed by atoms with Gasteiger partial charge in [-0.15, -0.1) is 0 Å². The second-order valence-corrected chi connectivity index (χ2v) is 7.81. The maximum absolute atomic E-state index is 4.40. The molecule has 3 heterocycles. The fraction of sp³-hybridized carbons (Fsp3) is 0.240. The molecule has 4 heteroatoms. The molecule has 0 bridgehead atoms. The second-order valence-electron chi connectivity index (χ2n) is 7.81. The highest BCUT2D eigenvalue weighted by molar-refractivity contribution is 5.79. The number of anilines is 1. The van der Waals surface area contributed by atoms with Crippen molar-refractivity contribution < 1.29 is 0 Å². The third kappa shape index (κ3) is 4.03. The minimum Gasteiger partial charge on any atom is -0.369 e. The zero-order valence-electron chi connectivity index (χ0n) is 16.6. The second kappa shape index (κ2) is 8.10. The molecule has 2 aromatic heterocycles. The van der Waals surface area contributed by atoms with Gasteiger partial charge in [0.15, 0.2) is 0 Å². The van der Waals surface area contributed by atoms with Crippen molar-refractivity contribution in [3.63, 3.8) is 0 Å². The first-order valence-electron chi connectivity index (χ1n) is 10.4. The Hall–Kier alpha value is -3.11. The molecule has 1 aliphatic rings. The Balaban J connectivity index is 1.18. The SMILES string of the molecule is c1ccc(Cc2ccc(N3CCN(Cc4c[nH]c5ncccc45)CC3)cc2)cc1. The lowest BCUT2D eigenvalue weighted by molar-refractivity contribution is 0.250. The number of hydrogen-bond donors (Lipinski definition) is 1. The molecule has 1 N–H and O–H groups in total. The molecule has 146 valence electrons. The zero-order chi connectivity index (χ0) is 19.5. The monoisotopic (exact) mass is 382 g/mol. The van der Waals surface area contributed by atoms with Crippen molar-refractivity contribution in [1.29, 1.82) is 0 Å². The van der Waals surface area contributed by atoms with Crippen molar-refractivity contribution in [3.05, 3.63) is 95.8 Å². The van der Waals surface area contributed by atoms with Crippen LogP contribution in [-0.2, 0) is 13.0 Å². The lowest BCUT2D eigenvalue weighted by Gasteiger charge is -2.36. The van der Waals surface area contributed by atoms with E-state index in [-0.39, 0.29) is 0 Å². The Morgan fingerprint density at radius 2 is 1.55 bits per heavy atom. The fourth-order valence-electron chi connectivity index (χ4n) is 4.20. The predicted octanol–water partition coefficient (Wildman–Crippen LogP) is 4.48. The first-order valence-corrected chi connectivity index (χ1v) is 10.4. The van der Waals surface area contributed by atoms with Crippen molar-refractivity contribution in [3.8, 4) is 0 Å². The molecule has 0 unspecified atom stereocenters. The molecule has 2 aromatic carbocycles. The van der Waals surface area contributed by atoms with Crippen LogP contribution < -0.4 is 4.90 Å². The quantitative estimate of drug-likeness (QED) is 0.553. The molecule has 0 spiro atoms. The van der Waals surface area contributed by atoms with Crippen LogP contribution in [0.5, 0.6) is 0 Å². The summed E-state index contributed by atoms with van der Waals surface area (Å²) in [5.74, 6) is 0. The van der Waals surface area contributed by atoms with E-state index in [1.165, 1.54) is 27.8 Å². The molecule has 0 amide bonds. The van der Waals surface area contributed by atoms with Gasteiger partial charge in [-0.3, -0.25) is 4.90 Å². The molecular weight excluding hydrogens is 356 g/mol. The number of H-pyrrole nitrogens is 1. The number of aromatic nitrogens is 2. The maximum Gasteiger partial charge on any atom is 0.137 e. The first kappa shape index (κ1) is 18.0. The number of fused-ring (bicyclic) bond motifs is 1. The third-order valence-corrected chi connectivity index (χ3v) is 5.86. The lowest BCUT2D eigenvalue weighted by atomic mass is 10.0. The molecule has 0 saturated carbocycles. The van der Waals surface area contributed by atoms with Gasteiger partial charge in [0.25, 0.3) is 0 Å². The van der Waals surface area contributed by atoms with Crippen molar-refractivity contribution in [1.82, 2.24) is 14.9 Å². The normalized spacial score (nSPS) is 15.1. The van der Waals surface area contributed by atoms with Gasteiger partial charge in [0, 0.05) is 56.2 Å². The van der Waals surface area contributed by atoms with Crippen LogP contribution in [0.15, 0.2) is 79.1 Å². The Bertz CT molecular complexity index is 1060. The highest BCUT2D eigenvalue weighted by Gasteiger charge is 2.18. The molecule has 0 atom stereocenters. The van der Waals surface area contributed by atoms with Crippen molar-refractivity contribution in [2.75, 3.05) is 31.1 Å². The molecule has 4 aromatic rings. The summed E-state index contributed by atoms with van der Waals surface area (Å²) in [7, 11) is 0. The van der Waals surface area contributed by atoms with E-state index in [0.29, 0.717) is 0 Å². The smallest absolute Gasteiger partial charge is 0.137 e. The van der Waals surface area contributed by atoms with Gasteiger partial charge in [-0.05, 0) is 47.4 Å². The summed E-state index contributed by atoms with van der Waals surface area (Å²) in [6.45, 7) is 5.28. The van der Waals surface area contributed by atoms with E-state index in [4.69, 9.17) is 0 Å². The number of nitrogens with zero attached hydrogens (tertiary/aromatic N) is 3. The fourth-order valence-corrected chi connectivity index (χ4v) is 4.20. The average molecular weight is 383 g/mol. The third-order valence-electron chi connectivity index (χ3n) is 5.86. The molecule has 0 aliphatic carbocycles. The predicted molar refractivity (Wildman–Crippen MR) is 119 cm³/mol. The van der Waals surface area contributed by atoms with E-state index < -0.39 is 0 Å². The van der Waals surface area contributed by atoms with Crippen LogP contribution in [0.25, 0.3) is 11.0 Å². The maximum atomic E-state index is 4.40. The Morgan fingerprint density at radius 1 is 0.793 bits per heavy atom. The Morgan fingerprint density at radius 3 is 2.34 bits per heavy atom. The van der Waals surface area contributed by atoms with Crippen LogP contribution in [0.4, 0.5) is 5.69 Å². The summed E-state index contributed by atoms with van der Waals surface area (Å²) in [6.07, 6.45) is 4.94. The number of rotatable bonds is 5. The van der Waals surface area contributed by atoms with Gasteiger partial charge in [-0.25, -0.2) is 4.98 Å². The molecule has 29 heavy (non-hydrogen) atoms. The first-order chi connectivity index (χ1) is 14.3. The summed E-state index contributed by atoms with van der Waals surface area (Å²) >= 11 is 0. The van der Waals surface area contributed by atoms with E-state index in [2.05, 4.69) is 86.6 Å². The summed E-state index contributed by atoms with van der Waals surface area (Å²) in [5.41, 5.74) is 6.38. The molecule has 4 nitrogen and oxygen atoms in total. The van der Waals surface area contributed by atoms with Crippen LogP contribution in [0.2, 0.25) is 0 Å². The van der Waals surface area contributed by atoms with Gasteiger partial charge in [-0.1, -0.05) is 42.5 Å². The molecule has 1 aliphatic heterocycles. The molecule has 5 rings (SSSR count). The number of benzene rings is 2. The molecular formula is C25H26N4. The minimum atomic E-state index is 0.982. The lowest BCUT2D eigenvalue weighted by Crippen LogP contribution is -2.45. The van der Waals surface area contributed by atoms with E-state index in [9.17, 15) is 0 Å². The van der Waals surface area contributed by atoms with Gasteiger partial charge in [0.1, 0.15) is 5.65 Å². The van der Waals surface area contributed by atoms with Gasteiger partial charge < -0.3 is 9.88 Å². The van der Waals surface area contributed by atoms with Crippen molar-refractivity contribution >= 4 is 16.7 Å². The molecule has 1 saturated heterocycles. The van der Waals surface area contributed by atoms with E-state index in [1.807, 2.05) is 12.3 Å². The van der Waals surface area contributed by atoms with Gasteiger partial charge >= 0.3 is 0 Å².